The molecule has 0 radical (unpaired) electrons. The van der Waals surface area contributed by atoms with E-state index in [2.05, 4.69) is 34.5 Å². The van der Waals surface area contributed by atoms with E-state index in [-0.39, 0.29) is 24.8 Å². The summed E-state index contributed by atoms with van der Waals surface area (Å²) in [7, 11) is 0. The first-order chi connectivity index (χ1) is 20.0. The number of benzene rings is 3. The molecule has 41 heavy (non-hydrogen) atoms. The molecule has 0 bridgehead atoms. The summed E-state index contributed by atoms with van der Waals surface area (Å²) in [5, 5.41) is 2.91. The molecule has 1 spiro atoms. The number of piperidine rings is 1. The minimum atomic E-state index is -0.934. The number of carbonyl (C=O) groups is 3. The number of rotatable bonds is 11. The molecule has 2 heterocycles. The van der Waals surface area contributed by atoms with Crippen LogP contribution in [0.3, 0.4) is 0 Å². The number of likely N-dealkylation sites (tertiary alicyclic amines) is 1. The number of unbranched alkanes of at least 4 members (excludes halogenated alkanes) is 1. The summed E-state index contributed by atoms with van der Waals surface area (Å²) >= 11 is 0. The van der Waals surface area contributed by atoms with E-state index in [4.69, 9.17) is 4.74 Å². The maximum atomic E-state index is 13.9. The summed E-state index contributed by atoms with van der Waals surface area (Å²) in [6, 6.07) is 28.8. The largest absolute Gasteiger partial charge is 0.461 e. The first-order valence-electron chi connectivity index (χ1n) is 14.7. The molecule has 1 atom stereocenters. The van der Waals surface area contributed by atoms with Crippen molar-refractivity contribution in [2.75, 3.05) is 19.6 Å². The summed E-state index contributed by atoms with van der Waals surface area (Å²) in [4.78, 5) is 44.4. The highest BCUT2D eigenvalue weighted by Gasteiger charge is 2.53. The van der Waals surface area contributed by atoms with Crippen molar-refractivity contribution in [3.05, 3.63) is 108 Å². The molecule has 3 aromatic carbocycles. The van der Waals surface area contributed by atoms with Crippen molar-refractivity contribution in [1.29, 1.82) is 0 Å². The van der Waals surface area contributed by atoms with Gasteiger partial charge in [-0.1, -0.05) is 91.0 Å². The number of piperazine rings is 1. The zero-order valence-electron chi connectivity index (χ0n) is 23.5. The molecule has 2 saturated heterocycles. The van der Waals surface area contributed by atoms with E-state index in [1.165, 1.54) is 5.56 Å². The zero-order valence-corrected chi connectivity index (χ0v) is 23.5. The van der Waals surface area contributed by atoms with Crippen LogP contribution in [0.5, 0.6) is 0 Å². The van der Waals surface area contributed by atoms with Crippen LogP contribution in [0.4, 0.5) is 0 Å². The van der Waals surface area contributed by atoms with Gasteiger partial charge in [-0.2, -0.15) is 0 Å². The minimum absolute atomic E-state index is 0.132. The number of hydrogen-bond donors (Lipinski definition) is 1. The SMILES string of the molecule is O=C(CC1NC(=O)C2(CCN(CCCCc3ccccc3)CC2)N(Cc2ccccc2)C1=O)OCc1ccccc1. The molecule has 0 saturated carbocycles. The van der Waals surface area contributed by atoms with Crippen LogP contribution in [0.2, 0.25) is 0 Å². The molecule has 1 unspecified atom stereocenters. The number of aryl methyl sites for hydroxylation is 1. The maximum Gasteiger partial charge on any atom is 0.308 e. The van der Waals surface area contributed by atoms with E-state index in [0.717, 1.165) is 50.0 Å². The molecule has 0 aliphatic carbocycles. The summed E-state index contributed by atoms with van der Waals surface area (Å²) in [6.07, 6.45) is 4.23. The van der Waals surface area contributed by atoms with Crippen molar-refractivity contribution < 1.29 is 19.1 Å². The zero-order chi connectivity index (χ0) is 28.5. The molecule has 1 N–H and O–H groups in total. The fraction of sp³-hybridized carbons (Fsp3) is 0.382. The molecule has 2 amide bonds. The van der Waals surface area contributed by atoms with Crippen LogP contribution in [0, 0.1) is 0 Å². The molecule has 2 aliphatic heterocycles. The second kappa shape index (κ2) is 13.6. The molecule has 214 valence electrons. The average molecular weight is 554 g/mol. The second-order valence-electron chi connectivity index (χ2n) is 11.1. The van der Waals surface area contributed by atoms with Gasteiger partial charge in [0.05, 0.1) is 6.42 Å². The van der Waals surface area contributed by atoms with Crippen LogP contribution in [0.25, 0.3) is 0 Å². The smallest absolute Gasteiger partial charge is 0.308 e. The number of amides is 2. The van der Waals surface area contributed by atoms with Crippen molar-refractivity contribution in [1.82, 2.24) is 15.1 Å². The molecule has 7 nitrogen and oxygen atoms in total. The Kier molecular flexibility index (Phi) is 9.47. The van der Waals surface area contributed by atoms with E-state index in [1.807, 2.05) is 66.7 Å². The van der Waals surface area contributed by atoms with E-state index in [1.54, 1.807) is 4.90 Å². The van der Waals surface area contributed by atoms with Crippen molar-refractivity contribution in [2.45, 2.75) is 63.3 Å². The van der Waals surface area contributed by atoms with Gasteiger partial charge in [0.25, 0.3) is 0 Å². The summed E-state index contributed by atoms with van der Waals surface area (Å²) in [5.41, 5.74) is 2.27. The van der Waals surface area contributed by atoms with Crippen LogP contribution in [-0.2, 0) is 38.7 Å². The molecular weight excluding hydrogens is 514 g/mol. The standard InChI is InChI=1S/C34H39N3O4/c38-31(41-26-29-17-8-3-9-18-29)24-30-32(39)37(25-28-15-6-2-7-16-28)34(33(40)35-30)19-22-36(23-20-34)21-11-10-14-27-12-4-1-5-13-27/h1-9,12-13,15-18,30H,10-11,14,19-26H2,(H,35,40). The molecule has 3 aromatic rings. The highest BCUT2D eigenvalue weighted by molar-refractivity contribution is 6.01. The molecule has 0 aromatic heterocycles. The summed E-state index contributed by atoms with van der Waals surface area (Å²) in [6.45, 7) is 2.95. The van der Waals surface area contributed by atoms with Crippen molar-refractivity contribution in [2.24, 2.45) is 0 Å². The Balaban J connectivity index is 1.21. The average Bonchev–Trinajstić information content (AvgIpc) is 3.01. The first-order valence-corrected chi connectivity index (χ1v) is 14.7. The van der Waals surface area contributed by atoms with Crippen molar-refractivity contribution in [3.8, 4) is 0 Å². The number of nitrogens with zero attached hydrogens (tertiary/aromatic N) is 2. The van der Waals surface area contributed by atoms with Gasteiger partial charge in [0.1, 0.15) is 18.2 Å². The van der Waals surface area contributed by atoms with E-state index in [0.29, 0.717) is 19.4 Å². The van der Waals surface area contributed by atoms with E-state index < -0.39 is 17.6 Å². The topological polar surface area (TPSA) is 79.0 Å². The molecule has 5 rings (SSSR count). The number of carbonyl (C=O) groups excluding carboxylic acids is 3. The summed E-state index contributed by atoms with van der Waals surface area (Å²) in [5.74, 6) is -0.896. The van der Waals surface area contributed by atoms with Gasteiger partial charge < -0.3 is 19.9 Å². The normalized spacial score (nSPS) is 18.7. The van der Waals surface area contributed by atoms with Crippen molar-refractivity contribution >= 4 is 17.8 Å². The van der Waals surface area contributed by atoms with Crippen LogP contribution in [0.15, 0.2) is 91.0 Å². The molecular formula is C34H39N3O4. The number of esters is 1. The predicted molar refractivity (Wildman–Crippen MR) is 158 cm³/mol. The lowest BCUT2D eigenvalue weighted by Gasteiger charge is -2.51. The Morgan fingerprint density at radius 1 is 0.805 bits per heavy atom. The maximum absolute atomic E-state index is 13.9. The van der Waals surface area contributed by atoms with Gasteiger partial charge >= 0.3 is 5.97 Å². The Labute approximate surface area is 242 Å². The minimum Gasteiger partial charge on any atom is -0.461 e. The van der Waals surface area contributed by atoms with Gasteiger partial charge in [-0.15, -0.1) is 0 Å². The highest BCUT2D eigenvalue weighted by Crippen LogP contribution is 2.35. The highest BCUT2D eigenvalue weighted by atomic mass is 16.5. The van der Waals surface area contributed by atoms with Crippen LogP contribution < -0.4 is 5.32 Å². The molecule has 2 fully saturated rings. The lowest BCUT2D eigenvalue weighted by Crippen LogP contribution is -2.72. The van der Waals surface area contributed by atoms with Gasteiger partial charge in [-0.05, 0) is 55.3 Å². The lowest BCUT2D eigenvalue weighted by atomic mass is 9.81. The second-order valence-corrected chi connectivity index (χ2v) is 11.1. The third-order valence-corrected chi connectivity index (χ3v) is 8.32. The number of ether oxygens (including phenoxy) is 1. The molecule has 7 heteroatoms. The predicted octanol–water partition coefficient (Wildman–Crippen LogP) is 4.50. The number of hydrogen-bond acceptors (Lipinski definition) is 5. The third kappa shape index (κ3) is 7.22. The van der Waals surface area contributed by atoms with Gasteiger partial charge in [0.15, 0.2) is 0 Å². The third-order valence-electron chi connectivity index (χ3n) is 8.32. The van der Waals surface area contributed by atoms with Gasteiger partial charge in [0, 0.05) is 19.6 Å². The summed E-state index contributed by atoms with van der Waals surface area (Å²) < 4.78 is 5.43. The van der Waals surface area contributed by atoms with Crippen LogP contribution in [-0.4, -0.2) is 58.8 Å². The lowest BCUT2D eigenvalue weighted by molar-refractivity contribution is -0.164. The van der Waals surface area contributed by atoms with Gasteiger partial charge in [-0.3, -0.25) is 14.4 Å². The fourth-order valence-corrected chi connectivity index (χ4v) is 5.93. The van der Waals surface area contributed by atoms with Crippen LogP contribution in [0.1, 0.15) is 48.8 Å². The Morgan fingerprint density at radius 3 is 2.02 bits per heavy atom. The van der Waals surface area contributed by atoms with Gasteiger partial charge in [0.2, 0.25) is 11.8 Å². The number of nitrogens with one attached hydrogen (secondary N) is 1. The quantitative estimate of drug-likeness (QED) is 0.279. The Morgan fingerprint density at radius 2 is 1.39 bits per heavy atom. The van der Waals surface area contributed by atoms with Crippen LogP contribution >= 0.6 is 0 Å². The van der Waals surface area contributed by atoms with E-state index in [9.17, 15) is 14.4 Å². The van der Waals surface area contributed by atoms with Gasteiger partial charge in [-0.25, -0.2) is 0 Å². The van der Waals surface area contributed by atoms with E-state index >= 15 is 0 Å². The van der Waals surface area contributed by atoms with Crippen molar-refractivity contribution in [3.63, 3.8) is 0 Å². The monoisotopic (exact) mass is 553 g/mol. The first kappa shape index (κ1) is 28.6. The fourth-order valence-electron chi connectivity index (χ4n) is 5.93. The molecule has 2 aliphatic rings. The Bertz CT molecular complexity index is 1290. The Hall–Kier alpha value is -3.97.